The molecular formula is C55H33N3S. The molecule has 0 fully saturated rings. The van der Waals surface area contributed by atoms with E-state index in [0.29, 0.717) is 0 Å². The zero-order chi connectivity index (χ0) is 38.6. The Bertz CT molecular complexity index is 3810. The van der Waals surface area contributed by atoms with E-state index in [1.165, 1.54) is 91.5 Å². The van der Waals surface area contributed by atoms with Crippen LogP contribution in [0.5, 0.6) is 0 Å². The molecule has 0 radical (unpaired) electrons. The van der Waals surface area contributed by atoms with Gasteiger partial charge in [-0.05, 0) is 92.5 Å². The molecule has 4 heteroatoms. The third-order valence-corrected chi connectivity index (χ3v) is 13.5. The van der Waals surface area contributed by atoms with Gasteiger partial charge in [0.15, 0.2) is 5.65 Å². The average molecular weight is 768 g/mol. The Morgan fingerprint density at radius 2 is 0.983 bits per heavy atom. The minimum absolute atomic E-state index is 1.01. The molecule has 274 valence electrons. The van der Waals surface area contributed by atoms with Crippen LogP contribution in [0.4, 0.5) is 0 Å². The number of pyridine rings is 1. The monoisotopic (exact) mass is 767 g/mol. The van der Waals surface area contributed by atoms with E-state index in [1.54, 1.807) is 0 Å². The van der Waals surface area contributed by atoms with Crippen LogP contribution < -0.4 is 0 Å². The van der Waals surface area contributed by atoms with Crippen LogP contribution in [0.2, 0.25) is 0 Å². The molecule has 0 unspecified atom stereocenters. The number of nitrogens with zero attached hydrogens (tertiary/aromatic N) is 3. The molecule has 0 aliphatic heterocycles. The second-order valence-electron chi connectivity index (χ2n) is 15.5. The molecule has 4 aromatic heterocycles. The minimum atomic E-state index is 1.01. The van der Waals surface area contributed by atoms with Gasteiger partial charge in [-0.15, -0.1) is 11.3 Å². The molecule has 0 N–H and O–H groups in total. The lowest BCUT2D eigenvalue weighted by atomic mass is 9.98. The van der Waals surface area contributed by atoms with Gasteiger partial charge in [0.25, 0.3) is 0 Å². The van der Waals surface area contributed by atoms with Crippen molar-refractivity contribution in [2.75, 3.05) is 0 Å². The van der Waals surface area contributed by atoms with Crippen molar-refractivity contribution in [3.05, 3.63) is 200 Å². The van der Waals surface area contributed by atoms with E-state index in [1.807, 2.05) is 11.3 Å². The Labute approximate surface area is 343 Å². The highest BCUT2D eigenvalue weighted by Gasteiger charge is 2.20. The number of aromatic nitrogens is 3. The highest BCUT2D eigenvalue weighted by atomic mass is 32.1. The summed E-state index contributed by atoms with van der Waals surface area (Å²) in [6.07, 6.45) is 0. The van der Waals surface area contributed by atoms with Crippen LogP contribution in [0, 0.1) is 0 Å². The second kappa shape index (κ2) is 12.5. The van der Waals surface area contributed by atoms with Gasteiger partial charge in [0.2, 0.25) is 0 Å². The molecule has 0 saturated heterocycles. The van der Waals surface area contributed by atoms with E-state index in [-0.39, 0.29) is 0 Å². The van der Waals surface area contributed by atoms with Crippen LogP contribution in [-0.2, 0) is 0 Å². The SMILES string of the molecule is c1ccc(-n2c3ccccc3c3cc(-c4ccc(-c5ccc(-c6cc7c8ccccc8sc7c7nc8c9ccc%10ccccc%10c9ccc8n67)cc5)cc4)ccc32)cc1. The summed E-state index contributed by atoms with van der Waals surface area (Å²) in [7, 11) is 0. The molecule has 3 nitrogen and oxygen atoms in total. The summed E-state index contributed by atoms with van der Waals surface area (Å²) in [5, 5.41) is 9.97. The standard InChI is InChI=1S/C55H33N3S/c1-2-11-40(12-3-1)57-48-16-8-6-14-43(48)46-32-39(27-30-49(46)57)36-20-18-34(19-21-36)35-22-24-38(25-23-35)51-33-47-44-15-7-9-17-52(44)59-54(47)55-56-53-45-28-26-37-10-4-5-13-41(37)42(45)29-31-50(53)58(51)55/h1-33H. The molecule has 59 heavy (non-hydrogen) atoms. The zero-order valence-electron chi connectivity index (χ0n) is 31.8. The van der Waals surface area contributed by atoms with Crippen LogP contribution in [0.15, 0.2) is 200 Å². The van der Waals surface area contributed by atoms with Crippen molar-refractivity contribution in [2.24, 2.45) is 0 Å². The molecule has 9 aromatic carbocycles. The number of imidazole rings is 1. The van der Waals surface area contributed by atoms with Crippen molar-refractivity contribution in [2.45, 2.75) is 0 Å². The lowest BCUT2D eigenvalue weighted by Crippen LogP contribution is -1.93. The van der Waals surface area contributed by atoms with Gasteiger partial charge in [0.1, 0.15) is 0 Å². The summed E-state index contributed by atoms with van der Waals surface area (Å²) in [4.78, 5) is 5.48. The third-order valence-electron chi connectivity index (χ3n) is 12.3. The Balaban J connectivity index is 0.910. The minimum Gasteiger partial charge on any atom is -0.309 e. The van der Waals surface area contributed by atoms with E-state index in [0.717, 1.165) is 27.9 Å². The molecule has 0 aliphatic rings. The molecule has 0 amide bonds. The lowest BCUT2D eigenvalue weighted by molar-refractivity contribution is 1.18. The molecule has 0 atom stereocenters. The summed E-state index contributed by atoms with van der Waals surface area (Å²) in [5.74, 6) is 0. The van der Waals surface area contributed by atoms with Crippen LogP contribution in [0.3, 0.4) is 0 Å². The first-order valence-corrected chi connectivity index (χ1v) is 20.9. The molecule has 0 saturated carbocycles. The van der Waals surface area contributed by atoms with Crippen LogP contribution >= 0.6 is 11.3 Å². The maximum Gasteiger partial charge on any atom is 0.156 e. The number of fused-ring (bicyclic) bond motifs is 14. The summed E-state index contributed by atoms with van der Waals surface area (Å²) in [6, 6.07) is 73.1. The quantitative estimate of drug-likeness (QED) is 0.164. The molecule has 13 rings (SSSR count). The van der Waals surface area contributed by atoms with E-state index in [2.05, 4.69) is 209 Å². The highest BCUT2D eigenvalue weighted by molar-refractivity contribution is 7.26. The summed E-state index contributed by atoms with van der Waals surface area (Å²) in [5.41, 5.74) is 13.9. The Morgan fingerprint density at radius 3 is 1.80 bits per heavy atom. The number of hydrogen-bond donors (Lipinski definition) is 0. The Hall–Kier alpha value is -7.53. The molecular weight excluding hydrogens is 735 g/mol. The van der Waals surface area contributed by atoms with Gasteiger partial charge in [-0.1, -0.05) is 152 Å². The smallest absolute Gasteiger partial charge is 0.156 e. The fourth-order valence-electron chi connectivity index (χ4n) is 9.51. The van der Waals surface area contributed by atoms with Crippen molar-refractivity contribution >= 4 is 91.5 Å². The molecule has 0 spiro atoms. The largest absolute Gasteiger partial charge is 0.309 e. The zero-order valence-corrected chi connectivity index (χ0v) is 32.6. The molecule has 4 heterocycles. The van der Waals surface area contributed by atoms with E-state index >= 15 is 0 Å². The topological polar surface area (TPSA) is 22.2 Å². The molecule has 0 aliphatic carbocycles. The second-order valence-corrected chi connectivity index (χ2v) is 16.6. The fourth-order valence-corrected chi connectivity index (χ4v) is 10.7. The van der Waals surface area contributed by atoms with E-state index < -0.39 is 0 Å². The van der Waals surface area contributed by atoms with Gasteiger partial charge in [0, 0.05) is 37.3 Å². The number of benzene rings is 9. The number of hydrogen-bond acceptors (Lipinski definition) is 2. The Morgan fingerprint density at radius 1 is 0.373 bits per heavy atom. The number of para-hydroxylation sites is 2. The summed E-state index contributed by atoms with van der Waals surface area (Å²) >= 11 is 1.83. The molecule has 0 bridgehead atoms. The van der Waals surface area contributed by atoms with Crippen LogP contribution in [0.1, 0.15) is 0 Å². The van der Waals surface area contributed by atoms with Crippen LogP contribution in [-0.4, -0.2) is 14.0 Å². The Kier molecular flexibility index (Phi) is 6.89. The predicted octanol–water partition coefficient (Wildman–Crippen LogP) is 15.3. The van der Waals surface area contributed by atoms with Crippen molar-refractivity contribution in [3.8, 4) is 39.2 Å². The highest BCUT2D eigenvalue weighted by Crippen LogP contribution is 2.42. The summed E-state index contributed by atoms with van der Waals surface area (Å²) < 4.78 is 7.26. The summed E-state index contributed by atoms with van der Waals surface area (Å²) in [6.45, 7) is 0. The van der Waals surface area contributed by atoms with Gasteiger partial charge >= 0.3 is 0 Å². The first kappa shape index (κ1) is 32.5. The van der Waals surface area contributed by atoms with Gasteiger partial charge in [-0.25, -0.2) is 4.98 Å². The maximum absolute atomic E-state index is 5.48. The maximum atomic E-state index is 5.48. The first-order chi connectivity index (χ1) is 29.2. The van der Waals surface area contributed by atoms with E-state index in [4.69, 9.17) is 4.98 Å². The molecule has 13 aromatic rings. The van der Waals surface area contributed by atoms with Crippen molar-refractivity contribution in [3.63, 3.8) is 0 Å². The van der Waals surface area contributed by atoms with Gasteiger partial charge in [-0.3, -0.25) is 4.40 Å². The van der Waals surface area contributed by atoms with Gasteiger partial charge in [-0.2, -0.15) is 0 Å². The number of rotatable bonds is 4. The predicted molar refractivity (Wildman–Crippen MR) is 251 cm³/mol. The van der Waals surface area contributed by atoms with Crippen molar-refractivity contribution in [1.29, 1.82) is 0 Å². The third kappa shape index (κ3) is 4.84. The van der Waals surface area contributed by atoms with Crippen molar-refractivity contribution < 1.29 is 0 Å². The lowest BCUT2D eigenvalue weighted by Gasteiger charge is -2.11. The van der Waals surface area contributed by atoms with Crippen LogP contribution in [0.25, 0.3) is 119 Å². The normalized spacial score (nSPS) is 12.1. The van der Waals surface area contributed by atoms with E-state index in [9.17, 15) is 0 Å². The number of thiophene rings is 1. The first-order valence-electron chi connectivity index (χ1n) is 20.1. The van der Waals surface area contributed by atoms with Gasteiger partial charge < -0.3 is 4.57 Å². The van der Waals surface area contributed by atoms with Crippen molar-refractivity contribution in [1.82, 2.24) is 14.0 Å². The average Bonchev–Trinajstić information content (AvgIpc) is 3.99. The fraction of sp³-hybridized carbons (Fsp3) is 0. The van der Waals surface area contributed by atoms with Gasteiger partial charge in [0.05, 0.1) is 32.5 Å².